The van der Waals surface area contributed by atoms with Crippen molar-refractivity contribution in [1.82, 2.24) is 19.8 Å². The third-order valence-corrected chi connectivity index (χ3v) is 7.71. The van der Waals surface area contributed by atoms with Crippen LogP contribution in [0.1, 0.15) is 42.0 Å². The standard InChI is InChI=1S/C24H20FN5O2S2/c25-17-6-2-1-5-16(17)23-26-27-24(29(23)15-9-10-15)34-14-22(31)30-19(20-7-3-11-32-20)13-18(28-30)21-8-4-12-33-21/h1-8,11-12,15,19H,9-10,13-14H2/t19-/m0/s1. The summed E-state index contributed by atoms with van der Waals surface area (Å²) in [4.78, 5) is 14.4. The van der Waals surface area contributed by atoms with Gasteiger partial charge in [0.05, 0.1) is 28.2 Å². The predicted molar refractivity (Wildman–Crippen MR) is 128 cm³/mol. The van der Waals surface area contributed by atoms with E-state index in [0.717, 1.165) is 23.4 Å². The third kappa shape index (κ3) is 3.97. The number of hydrazone groups is 1. The Labute approximate surface area is 203 Å². The van der Waals surface area contributed by atoms with Crippen molar-refractivity contribution in [2.75, 3.05) is 5.75 Å². The van der Waals surface area contributed by atoms with E-state index in [1.807, 2.05) is 34.2 Å². The monoisotopic (exact) mass is 493 g/mol. The summed E-state index contributed by atoms with van der Waals surface area (Å²) >= 11 is 2.91. The number of amides is 1. The van der Waals surface area contributed by atoms with Crippen molar-refractivity contribution in [3.05, 3.63) is 76.6 Å². The fraction of sp³-hybridized carbons (Fsp3) is 0.250. The molecular weight excluding hydrogens is 473 g/mol. The SMILES string of the molecule is O=C(CSc1nnc(-c2ccccc2F)n1C1CC1)N1N=C(c2cccs2)C[C@H]1c1ccco1. The van der Waals surface area contributed by atoms with Crippen LogP contribution < -0.4 is 0 Å². The molecule has 2 aliphatic rings. The minimum Gasteiger partial charge on any atom is -0.467 e. The van der Waals surface area contributed by atoms with Crippen LogP contribution in [-0.2, 0) is 4.79 Å². The maximum absolute atomic E-state index is 14.4. The van der Waals surface area contributed by atoms with Crippen LogP contribution in [0.2, 0.25) is 0 Å². The summed E-state index contributed by atoms with van der Waals surface area (Å²) in [6, 6.07) is 14.2. The number of aromatic nitrogens is 3. The van der Waals surface area contributed by atoms with Gasteiger partial charge >= 0.3 is 0 Å². The number of hydrogen-bond acceptors (Lipinski definition) is 7. The zero-order valence-electron chi connectivity index (χ0n) is 18.0. The lowest BCUT2D eigenvalue weighted by atomic mass is 10.1. The minimum absolute atomic E-state index is 0.139. The van der Waals surface area contributed by atoms with Crippen LogP contribution in [0.25, 0.3) is 11.4 Å². The van der Waals surface area contributed by atoms with Gasteiger partial charge in [-0.3, -0.25) is 9.36 Å². The minimum atomic E-state index is -0.335. The number of thioether (sulfide) groups is 1. The Morgan fingerprint density at radius 1 is 1.15 bits per heavy atom. The van der Waals surface area contributed by atoms with Gasteiger partial charge < -0.3 is 4.42 Å². The molecule has 7 nitrogen and oxygen atoms in total. The molecule has 1 saturated carbocycles. The molecule has 3 aromatic heterocycles. The molecular formula is C24H20FN5O2S2. The summed E-state index contributed by atoms with van der Waals surface area (Å²) in [5, 5.41) is 17.4. The summed E-state index contributed by atoms with van der Waals surface area (Å²) in [6.45, 7) is 0. The molecule has 1 fully saturated rings. The summed E-state index contributed by atoms with van der Waals surface area (Å²) in [5.41, 5.74) is 1.29. The normalized spacial score (nSPS) is 17.9. The van der Waals surface area contributed by atoms with Gasteiger partial charge in [-0.25, -0.2) is 9.40 Å². The van der Waals surface area contributed by atoms with Gasteiger partial charge in [-0.05, 0) is 48.6 Å². The van der Waals surface area contributed by atoms with Gasteiger partial charge in [0, 0.05) is 12.5 Å². The molecule has 0 N–H and O–H groups in total. The molecule has 172 valence electrons. The maximum atomic E-state index is 14.4. The summed E-state index contributed by atoms with van der Waals surface area (Å²) in [6.07, 6.45) is 4.18. The highest BCUT2D eigenvalue weighted by Crippen LogP contribution is 2.42. The second-order valence-corrected chi connectivity index (χ2v) is 10.1. The summed E-state index contributed by atoms with van der Waals surface area (Å²) in [7, 11) is 0. The van der Waals surface area contributed by atoms with E-state index >= 15 is 0 Å². The first kappa shape index (κ1) is 21.3. The molecule has 1 aromatic carbocycles. The number of benzene rings is 1. The fourth-order valence-corrected chi connectivity index (χ4v) is 5.67. The Morgan fingerprint density at radius 3 is 2.76 bits per heavy atom. The number of carbonyl (C=O) groups excluding carboxylic acids is 1. The predicted octanol–water partition coefficient (Wildman–Crippen LogP) is 5.54. The van der Waals surface area contributed by atoms with Crippen LogP contribution in [0.3, 0.4) is 0 Å². The lowest BCUT2D eigenvalue weighted by Gasteiger charge is -2.19. The van der Waals surface area contributed by atoms with Crippen LogP contribution in [0, 0.1) is 5.82 Å². The Kier molecular flexibility index (Phi) is 5.54. The number of rotatable bonds is 7. The molecule has 34 heavy (non-hydrogen) atoms. The lowest BCUT2D eigenvalue weighted by Crippen LogP contribution is -2.28. The highest BCUT2D eigenvalue weighted by molar-refractivity contribution is 7.99. The Balaban J connectivity index is 1.24. The molecule has 1 amide bonds. The van der Waals surface area contributed by atoms with E-state index in [1.165, 1.54) is 22.8 Å². The molecule has 0 unspecified atom stereocenters. The lowest BCUT2D eigenvalue weighted by molar-refractivity contribution is -0.130. The van der Waals surface area contributed by atoms with Gasteiger partial charge in [-0.2, -0.15) is 5.10 Å². The van der Waals surface area contributed by atoms with E-state index in [-0.39, 0.29) is 29.6 Å². The van der Waals surface area contributed by atoms with Gasteiger partial charge in [0.25, 0.3) is 5.91 Å². The van der Waals surface area contributed by atoms with Gasteiger partial charge in [0.15, 0.2) is 11.0 Å². The molecule has 0 saturated heterocycles. The first-order valence-corrected chi connectivity index (χ1v) is 12.8. The average molecular weight is 494 g/mol. The van der Waals surface area contributed by atoms with Crippen LogP contribution in [0.15, 0.2) is 74.8 Å². The maximum Gasteiger partial charge on any atom is 0.253 e. The first-order chi connectivity index (χ1) is 16.7. The van der Waals surface area contributed by atoms with Gasteiger partial charge in [0.1, 0.15) is 17.6 Å². The first-order valence-electron chi connectivity index (χ1n) is 11.0. The molecule has 1 atom stereocenters. The topological polar surface area (TPSA) is 76.5 Å². The molecule has 1 aliphatic heterocycles. The van der Waals surface area contributed by atoms with Crippen LogP contribution in [0.5, 0.6) is 0 Å². The molecule has 6 rings (SSSR count). The van der Waals surface area contributed by atoms with Crippen molar-refractivity contribution in [2.24, 2.45) is 5.10 Å². The quantitative estimate of drug-likeness (QED) is 0.316. The Morgan fingerprint density at radius 2 is 2.03 bits per heavy atom. The molecule has 4 heterocycles. The summed E-state index contributed by atoms with van der Waals surface area (Å²) in [5.74, 6) is 0.870. The van der Waals surface area contributed by atoms with Crippen molar-refractivity contribution in [1.29, 1.82) is 0 Å². The number of furan rings is 1. The number of hydrogen-bond donors (Lipinski definition) is 0. The van der Waals surface area contributed by atoms with Crippen molar-refractivity contribution in [2.45, 2.75) is 36.5 Å². The molecule has 1 aliphatic carbocycles. The zero-order valence-corrected chi connectivity index (χ0v) is 19.6. The Bertz CT molecular complexity index is 1350. The van der Waals surface area contributed by atoms with Crippen LogP contribution >= 0.6 is 23.1 Å². The van der Waals surface area contributed by atoms with Gasteiger partial charge in [-0.1, -0.05) is 30.0 Å². The van der Waals surface area contributed by atoms with E-state index in [9.17, 15) is 9.18 Å². The van der Waals surface area contributed by atoms with Crippen LogP contribution in [-0.4, -0.2) is 37.1 Å². The molecule has 4 aromatic rings. The molecule has 0 bridgehead atoms. The summed E-state index contributed by atoms with van der Waals surface area (Å²) < 4.78 is 22.0. The van der Waals surface area contributed by atoms with Crippen molar-refractivity contribution >= 4 is 34.7 Å². The number of halogens is 1. The fourth-order valence-electron chi connectivity index (χ4n) is 4.09. The number of nitrogens with zero attached hydrogens (tertiary/aromatic N) is 5. The third-order valence-electron chi connectivity index (χ3n) is 5.86. The van der Waals surface area contributed by atoms with E-state index in [4.69, 9.17) is 4.42 Å². The number of carbonyl (C=O) groups is 1. The smallest absolute Gasteiger partial charge is 0.253 e. The van der Waals surface area contributed by atoms with Crippen LogP contribution in [0.4, 0.5) is 4.39 Å². The van der Waals surface area contributed by atoms with Gasteiger partial charge in [0.2, 0.25) is 0 Å². The van der Waals surface area contributed by atoms with E-state index in [0.29, 0.717) is 28.7 Å². The van der Waals surface area contributed by atoms with E-state index < -0.39 is 0 Å². The molecule has 0 spiro atoms. The number of thiophene rings is 1. The highest BCUT2D eigenvalue weighted by atomic mass is 32.2. The molecule has 0 radical (unpaired) electrons. The average Bonchev–Trinajstić information content (AvgIpc) is 3.35. The molecule has 10 heteroatoms. The largest absolute Gasteiger partial charge is 0.467 e. The van der Waals surface area contributed by atoms with Gasteiger partial charge in [-0.15, -0.1) is 21.5 Å². The van der Waals surface area contributed by atoms with E-state index in [2.05, 4.69) is 15.3 Å². The van der Waals surface area contributed by atoms with Crippen molar-refractivity contribution < 1.29 is 13.6 Å². The van der Waals surface area contributed by atoms with E-state index in [1.54, 1.807) is 35.8 Å². The van der Waals surface area contributed by atoms with Crippen molar-refractivity contribution in [3.63, 3.8) is 0 Å². The van der Waals surface area contributed by atoms with Crippen molar-refractivity contribution in [3.8, 4) is 11.4 Å². The zero-order chi connectivity index (χ0) is 23.1. The highest BCUT2D eigenvalue weighted by Gasteiger charge is 2.36. The second-order valence-electron chi connectivity index (χ2n) is 8.17. The Hall–Kier alpha value is -3.24. The second kappa shape index (κ2) is 8.84.